The molecule has 1 amide bonds. The third kappa shape index (κ3) is 4.41. The summed E-state index contributed by atoms with van der Waals surface area (Å²) in [7, 11) is 0. The maximum absolute atomic E-state index is 13.4. The van der Waals surface area contributed by atoms with Crippen LogP contribution in [0, 0.1) is 5.82 Å². The van der Waals surface area contributed by atoms with Crippen LogP contribution < -0.4 is 14.8 Å². The number of alkyl halides is 2. The van der Waals surface area contributed by atoms with Gasteiger partial charge < -0.3 is 9.47 Å². The van der Waals surface area contributed by atoms with E-state index in [1.165, 1.54) is 6.07 Å². The molecule has 0 aromatic heterocycles. The molecule has 0 spiro atoms. The number of hydrogen-bond donors (Lipinski definition) is 1. The average Bonchev–Trinajstić information content (AvgIpc) is 2.42. The summed E-state index contributed by atoms with van der Waals surface area (Å²) >= 11 is 0. The Labute approximate surface area is 118 Å². The van der Waals surface area contributed by atoms with Crippen molar-refractivity contribution < 1.29 is 27.4 Å². The van der Waals surface area contributed by atoms with Gasteiger partial charge in [0.2, 0.25) is 0 Å². The van der Waals surface area contributed by atoms with E-state index in [4.69, 9.17) is 4.74 Å². The number of nitrogens with one attached hydrogen (secondary N) is 1. The van der Waals surface area contributed by atoms with Crippen LogP contribution in [-0.4, -0.2) is 12.7 Å². The summed E-state index contributed by atoms with van der Waals surface area (Å²) in [6, 6.07) is 11.3. The minimum Gasteiger partial charge on any atom is -0.432 e. The maximum atomic E-state index is 13.4. The SMILES string of the molecule is O=C(Nc1ccc(OC(F)F)c(F)c1)Oc1ccccc1. The van der Waals surface area contributed by atoms with E-state index in [0.717, 1.165) is 12.1 Å². The minimum absolute atomic E-state index is 0.0510. The van der Waals surface area contributed by atoms with E-state index < -0.39 is 24.3 Å². The van der Waals surface area contributed by atoms with Gasteiger partial charge >= 0.3 is 12.7 Å². The van der Waals surface area contributed by atoms with Crippen molar-refractivity contribution in [2.45, 2.75) is 6.61 Å². The van der Waals surface area contributed by atoms with Crippen LogP contribution in [-0.2, 0) is 0 Å². The third-order valence-corrected chi connectivity index (χ3v) is 2.35. The smallest absolute Gasteiger partial charge is 0.417 e. The molecule has 0 fully saturated rings. The fourth-order valence-corrected chi connectivity index (χ4v) is 1.51. The first-order valence-corrected chi connectivity index (χ1v) is 5.83. The Morgan fingerprint density at radius 3 is 2.43 bits per heavy atom. The topological polar surface area (TPSA) is 47.6 Å². The Bertz CT molecular complexity index is 620. The van der Waals surface area contributed by atoms with E-state index in [0.29, 0.717) is 5.75 Å². The van der Waals surface area contributed by atoms with E-state index in [1.807, 2.05) is 0 Å². The number of halogens is 3. The molecule has 21 heavy (non-hydrogen) atoms. The van der Waals surface area contributed by atoms with Gasteiger partial charge in [-0.1, -0.05) is 18.2 Å². The second-order valence-corrected chi connectivity index (χ2v) is 3.85. The van der Waals surface area contributed by atoms with Gasteiger partial charge in [0.15, 0.2) is 11.6 Å². The molecule has 0 aliphatic carbocycles. The molecule has 0 atom stereocenters. The van der Waals surface area contributed by atoms with Crippen molar-refractivity contribution in [3.05, 3.63) is 54.3 Å². The van der Waals surface area contributed by atoms with Gasteiger partial charge in [-0.05, 0) is 24.3 Å². The second-order valence-electron chi connectivity index (χ2n) is 3.85. The molecule has 2 aromatic rings. The quantitative estimate of drug-likeness (QED) is 0.926. The molecule has 0 bridgehead atoms. The van der Waals surface area contributed by atoms with Crippen LogP contribution in [0.15, 0.2) is 48.5 Å². The Kier molecular flexibility index (Phi) is 4.65. The van der Waals surface area contributed by atoms with E-state index in [2.05, 4.69) is 10.1 Å². The van der Waals surface area contributed by atoms with E-state index in [1.54, 1.807) is 30.3 Å². The molecule has 110 valence electrons. The first-order valence-electron chi connectivity index (χ1n) is 5.83. The average molecular weight is 297 g/mol. The normalized spacial score (nSPS) is 10.3. The summed E-state index contributed by atoms with van der Waals surface area (Å²) in [4.78, 5) is 11.5. The molecular weight excluding hydrogens is 287 g/mol. The Morgan fingerprint density at radius 2 is 1.81 bits per heavy atom. The zero-order valence-electron chi connectivity index (χ0n) is 10.6. The largest absolute Gasteiger partial charge is 0.432 e. The van der Waals surface area contributed by atoms with Crippen molar-refractivity contribution in [2.75, 3.05) is 5.32 Å². The molecule has 2 aromatic carbocycles. The lowest BCUT2D eigenvalue weighted by Gasteiger charge is -2.09. The van der Waals surface area contributed by atoms with Crippen molar-refractivity contribution in [2.24, 2.45) is 0 Å². The van der Waals surface area contributed by atoms with Crippen LogP contribution in [0.1, 0.15) is 0 Å². The highest BCUT2D eigenvalue weighted by molar-refractivity contribution is 5.86. The molecule has 0 heterocycles. The molecule has 0 saturated heterocycles. The number of carbonyl (C=O) groups excluding carboxylic acids is 1. The predicted molar refractivity (Wildman–Crippen MR) is 69.1 cm³/mol. The van der Waals surface area contributed by atoms with Crippen molar-refractivity contribution in [1.82, 2.24) is 0 Å². The van der Waals surface area contributed by atoms with Crippen LogP contribution in [0.25, 0.3) is 0 Å². The minimum atomic E-state index is -3.12. The highest BCUT2D eigenvalue weighted by Gasteiger charge is 2.12. The van der Waals surface area contributed by atoms with Crippen LogP contribution in [0.4, 0.5) is 23.7 Å². The summed E-state index contributed by atoms with van der Waals surface area (Å²) in [5.74, 6) is -1.31. The number of rotatable bonds is 4. The number of hydrogen-bond acceptors (Lipinski definition) is 3. The molecule has 0 aliphatic rings. The van der Waals surface area contributed by atoms with Gasteiger partial charge in [-0.3, -0.25) is 5.32 Å². The van der Waals surface area contributed by atoms with E-state index >= 15 is 0 Å². The van der Waals surface area contributed by atoms with E-state index in [-0.39, 0.29) is 5.69 Å². The molecule has 4 nitrogen and oxygen atoms in total. The Hall–Kier alpha value is -2.70. The van der Waals surface area contributed by atoms with Gasteiger partial charge in [-0.25, -0.2) is 9.18 Å². The molecule has 0 radical (unpaired) electrons. The van der Waals surface area contributed by atoms with Gasteiger partial charge in [-0.15, -0.1) is 0 Å². The van der Waals surface area contributed by atoms with Crippen molar-refractivity contribution in [1.29, 1.82) is 0 Å². The van der Waals surface area contributed by atoms with E-state index in [9.17, 15) is 18.0 Å². The molecule has 2 rings (SSSR count). The first kappa shape index (κ1) is 14.7. The fraction of sp³-hybridized carbons (Fsp3) is 0.0714. The molecule has 7 heteroatoms. The third-order valence-electron chi connectivity index (χ3n) is 2.35. The number of carbonyl (C=O) groups is 1. The van der Waals surface area contributed by atoms with Gasteiger partial charge in [0, 0.05) is 11.8 Å². The van der Waals surface area contributed by atoms with Crippen molar-refractivity contribution >= 4 is 11.8 Å². The second kappa shape index (κ2) is 6.65. The highest BCUT2D eigenvalue weighted by atomic mass is 19.3. The maximum Gasteiger partial charge on any atom is 0.417 e. The number of benzene rings is 2. The summed E-state index contributed by atoms with van der Waals surface area (Å²) in [6.07, 6.45) is -0.830. The van der Waals surface area contributed by atoms with Crippen molar-refractivity contribution in [3.63, 3.8) is 0 Å². The van der Waals surface area contributed by atoms with Gasteiger partial charge in [0.1, 0.15) is 5.75 Å². The number of ether oxygens (including phenoxy) is 2. The molecule has 1 N–H and O–H groups in total. The zero-order valence-corrected chi connectivity index (χ0v) is 10.6. The molecule has 0 unspecified atom stereocenters. The number of para-hydroxylation sites is 1. The van der Waals surface area contributed by atoms with Gasteiger partial charge in [-0.2, -0.15) is 8.78 Å². The Balaban J connectivity index is 1.99. The zero-order chi connectivity index (χ0) is 15.2. The molecular formula is C14H10F3NO3. The van der Waals surface area contributed by atoms with Crippen LogP contribution in [0.2, 0.25) is 0 Å². The predicted octanol–water partition coefficient (Wildman–Crippen LogP) is 4.04. The standard InChI is InChI=1S/C14H10F3NO3/c15-11-8-9(6-7-12(11)21-13(16)17)18-14(19)20-10-4-2-1-3-5-10/h1-8,13H,(H,18,19). The monoisotopic (exact) mass is 297 g/mol. The van der Waals surface area contributed by atoms with Crippen LogP contribution in [0.5, 0.6) is 11.5 Å². The summed E-state index contributed by atoms with van der Waals surface area (Å²) in [5, 5.41) is 2.27. The summed E-state index contributed by atoms with van der Waals surface area (Å²) in [5.41, 5.74) is 0.0510. The van der Waals surface area contributed by atoms with Crippen LogP contribution in [0.3, 0.4) is 0 Å². The molecule has 0 saturated carbocycles. The molecule has 0 aliphatic heterocycles. The number of anilines is 1. The Morgan fingerprint density at radius 1 is 1.10 bits per heavy atom. The van der Waals surface area contributed by atoms with Crippen molar-refractivity contribution in [3.8, 4) is 11.5 Å². The summed E-state index contributed by atoms with van der Waals surface area (Å²) in [6.45, 7) is -3.12. The lowest BCUT2D eigenvalue weighted by molar-refractivity contribution is -0.0521. The first-order chi connectivity index (χ1) is 10.0. The van der Waals surface area contributed by atoms with Gasteiger partial charge in [0.05, 0.1) is 0 Å². The number of amides is 1. The highest BCUT2D eigenvalue weighted by Crippen LogP contribution is 2.23. The van der Waals surface area contributed by atoms with Gasteiger partial charge in [0.25, 0.3) is 0 Å². The lowest BCUT2D eigenvalue weighted by Crippen LogP contribution is -2.16. The lowest BCUT2D eigenvalue weighted by atomic mass is 10.3. The summed E-state index contributed by atoms with van der Waals surface area (Å²) < 4.78 is 46.3. The fourth-order valence-electron chi connectivity index (χ4n) is 1.51. The van der Waals surface area contributed by atoms with Crippen LogP contribution >= 0.6 is 0 Å².